The van der Waals surface area contributed by atoms with Crippen molar-refractivity contribution >= 4 is 0 Å². The van der Waals surface area contributed by atoms with Crippen molar-refractivity contribution in [1.29, 1.82) is 0 Å². The lowest BCUT2D eigenvalue weighted by Crippen LogP contribution is -2.19. The molecule has 0 spiro atoms. The zero-order valence-electron chi connectivity index (χ0n) is 10.5. The molecule has 0 amide bonds. The molecule has 2 rings (SSSR count). The van der Waals surface area contributed by atoms with E-state index in [0.29, 0.717) is 11.9 Å². The minimum Gasteiger partial charge on any atom is -0.430 e. The Labute approximate surface area is 101 Å². The number of hydrogen-bond acceptors (Lipinski definition) is 4. The first-order valence-electron chi connectivity index (χ1n) is 5.83. The molecule has 0 unspecified atom stereocenters. The molecule has 2 aromatic heterocycles. The van der Waals surface area contributed by atoms with Crippen molar-refractivity contribution in [3.63, 3.8) is 0 Å². The van der Waals surface area contributed by atoms with E-state index in [9.17, 15) is 0 Å². The molecule has 0 atom stereocenters. The topological polar surface area (TPSA) is 55.9 Å². The summed E-state index contributed by atoms with van der Waals surface area (Å²) in [5.41, 5.74) is 1.84. The van der Waals surface area contributed by atoms with Gasteiger partial charge in [-0.15, -0.1) is 0 Å². The van der Waals surface area contributed by atoms with Crippen molar-refractivity contribution < 1.29 is 4.42 Å². The van der Waals surface area contributed by atoms with E-state index in [1.54, 1.807) is 10.9 Å². The van der Waals surface area contributed by atoms with Gasteiger partial charge in [-0.2, -0.15) is 14.8 Å². The minimum absolute atomic E-state index is 0.513. The van der Waals surface area contributed by atoms with Crippen LogP contribution < -0.4 is 5.32 Å². The molecule has 0 aromatic carbocycles. The number of hydrogen-bond donors (Lipinski definition) is 1. The highest BCUT2D eigenvalue weighted by Crippen LogP contribution is 2.07. The van der Waals surface area contributed by atoms with Gasteiger partial charge in [-0.05, 0) is 25.5 Å². The molecule has 0 fully saturated rings. The third kappa shape index (κ3) is 3.17. The number of nitrogens with one attached hydrogen (secondary N) is 1. The van der Waals surface area contributed by atoms with E-state index in [1.807, 2.05) is 19.2 Å². The predicted octanol–water partition coefficient (Wildman–Crippen LogP) is 1.91. The molecule has 0 saturated carbocycles. The molecule has 5 heteroatoms. The van der Waals surface area contributed by atoms with Gasteiger partial charge in [0.25, 0.3) is 0 Å². The molecular formula is C12H18N4O. The second kappa shape index (κ2) is 5.14. The molecule has 1 N–H and O–H groups in total. The summed E-state index contributed by atoms with van der Waals surface area (Å²) in [4.78, 5) is 4.36. The van der Waals surface area contributed by atoms with Crippen molar-refractivity contribution in [3.05, 3.63) is 29.9 Å². The first-order chi connectivity index (χ1) is 8.15. The number of aromatic nitrogens is 3. The summed E-state index contributed by atoms with van der Waals surface area (Å²) < 4.78 is 7.01. The second-order valence-corrected chi connectivity index (χ2v) is 4.55. The standard InChI is InChI=1S/C12H18N4O/c1-9(2)6-13-7-11-8-17-12(14-11)16-5-4-10(3)15-16/h4-5,8-9,13H,6-7H2,1-3H3. The third-order valence-electron chi connectivity index (χ3n) is 2.32. The molecule has 5 nitrogen and oxygen atoms in total. The Morgan fingerprint density at radius 2 is 2.29 bits per heavy atom. The van der Waals surface area contributed by atoms with Gasteiger partial charge in [-0.3, -0.25) is 0 Å². The summed E-state index contributed by atoms with van der Waals surface area (Å²) in [6.45, 7) is 7.98. The Kier molecular flexibility index (Phi) is 3.58. The number of rotatable bonds is 5. The van der Waals surface area contributed by atoms with Crippen LogP contribution in [0.15, 0.2) is 22.9 Å². The van der Waals surface area contributed by atoms with Gasteiger partial charge in [0, 0.05) is 12.7 Å². The second-order valence-electron chi connectivity index (χ2n) is 4.55. The van der Waals surface area contributed by atoms with E-state index in [2.05, 4.69) is 29.2 Å². The van der Waals surface area contributed by atoms with Crippen molar-refractivity contribution in [2.75, 3.05) is 6.54 Å². The highest BCUT2D eigenvalue weighted by atomic mass is 16.4. The SMILES string of the molecule is Cc1ccn(-c2nc(CNCC(C)C)co2)n1. The van der Waals surface area contributed by atoms with Crippen LogP contribution in [0.2, 0.25) is 0 Å². The summed E-state index contributed by atoms with van der Waals surface area (Å²) in [7, 11) is 0. The lowest BCUT2D eigenvalue weighted by molar-refractivity contribution is 0.507. The monoisotopic (exact) mass is 234 g/mol. The van der Waals surface area contributed by atoms with Gasteiger partial charge in [0.15, 0.2) is 0 Å². The van der Waals surface area contributed by atoms with Crippen molar-refractivity contribution in [3.8, 4) is 6.01 Å². The smallest absolute Gasteiger partial charge is 0.322 e. The molecule has 0 aliphatic carbocycles. The van der Waals surface area contributed by atoms with Crippen LogP contribution in [-0.4, -0.2) is 21.3 Å². The first kappa shape index (κ1) is 11.9. The minimum atomic E-state index is 0.513. The summed E-state index contributed by atoms with van der Waals surface area (Å²) >= 11 is 0. The maximum absolute atomic E-state index is 5.37. The molecule has 0 saturated heterocycles. The van der Waals surface area contributed by atoms with Gasteiger partial charge in [0.2, 0.25) is 0 Å². The molecule has 2 heterocycles. The molecule has 0 aliphatic rings. The fourth-order valence-corrected chi connectivity index (χ4v) is 1.49. The maximum atomic E-state index is 5.37. The van der Waals surface area contributed by atoms with Gasteiger partial charge < -0.3 is 9.73 Å². The number of nitrogens with zero attached hydrogens (tertiary/aromatic N) is 3. The van der Waals surface area contributed by atoms with Crippen LogP contribution in [0.5, 0.6) is 0 Å². The van der Waals surface area contributed by atoms with Gasteiger partial charge in [0.1, 0.15) is 6.26 Å². The van der Waals surface area contributed by atoms with Gasteiger partial charge in [0.05, 0.1) is 11.4 Å². The molecule has 2 aromatic rings. The fraction of sp³-hybridized carbons (Fsp3) is 0.500. The molecule has 92 valence electrons. The quantitative estimate of drug-likeness (QED) is 0.858. The predicted molar refractivity (Wildman–Crippen MR) is 64.9 cm³/mol. The van der Waals surface area contributed by atoms with Crippen LogP contribution in [-0.2, 0) is 6.54 Å². The van der Waals surface area contributed by atoms with E-state index >= 15 is 0 Å². The van der Waals surface area contributed by atoms with Crippen LogP contribution in [0.3, 0.4) is 0 Å². The average molecular weight is 234 g/mol. The van der Waals surface area contributed by atoms with E-state index in [1.165, 1.54) is 0 Å². The van der Waals surface area contributed by atoms with Crippen molar-refractivity contribution in [2.24, 2.45) is 5.92 Å². The van der Waals surface area contributed by atoms with E-state index in [0.717, 1.165) is 24.5 Å². The molecular weight excluding hydrogens is 216 g/mol. The number of oxazole rings is 1. The third-order valence-corrected chi connectivity index (χ3v) is 2.32. The summed E-state index contributed by atoms with van der Waals surface area (Å²) in [6.07, 6.45) is 3.51. The van der Waals surface area contributed by atoms with Crippen LogP contribution in [0.25, 0.3) is 6.01 Å². The Hall–Kier alpha value is -1.62. The van der Waals surface area contributed by atoms with Crippen molar-refractivity contribution in [2.45, 2.75) is 27.3 Å². The van der Waals surface area contributed by atoms with Crippen LogP contribution in [0, 0.1) is 12.8 Å². The van der Waals surface area contributed by atoms with Gasteiger partial charge in [-0.25, -0.2) is 0 Å². The van der Waals surface area contributed by atoms with Gasteiger partial charge in [-0.1, -0.05) is 13.8 Å². The Morgan fingerprint density at radius 3 is 2.94 bits per heavy atom. The summed E-state index contributed by atoms with van der Waals surface area (Å²) in [5, 5.41) is 7.56. The molecule has 17 heavy (non-hydrogen) atoms. The molecule has 0 aliphatic heterocycles. The number of aryl methyl sites for hydroxylation is 1. The van der Waals surface area contributed by atoms with Crippen LogP contribution in [0.4, 0.5) is 0 Å². The summed E-state index contributed by atoms with van der Waals surface area (Å²) in [6, 6.07) is 2.43. The lowest BCUT2D eigenvalue weighted by atomic mass is 10.2. The lowest BCUT2D eigenvalue weighted by Gasteiger charge is -2.04. The van der Waals surface area contributed by atoms with Gasteiger partial charge >= 0.3 is 6.01 Å². The molecule has 0 bridgehead atoms. The van der Waals surface area contributed by atoms with Crippen molar-refractivity contribution in [1.82, 2.24) is 20.1 Å². The van der Waals surface area contributed by atoms with E-state index < -0.39 is 0 Å². The summed E-state index contributed by atoms with van der Waals surface area (Å²) in [5.74, 6) is 0.634. The Morgan fingerprint density at radius 1 is 1.47 bits per heavy atom. The highest BCUT2D eigenvalue weighted by molar-refractivity contribution is 5.11. The first-order valence-corrected chi connectivity index (χ1v) is 5.83. The van der Waals surface area contributed by atoms with Crippen LogP contribution >= 0.6 is 0 Å². The van der Waals surface area contributed by atoms with E-state index in [4.69, 9.17) is 4.42 Å². The Balaban J connectivity index is 1.96. The maximum Gasteiger partial charge on any atom is 0.322 e. The van der Waals surface area contributed by atoms with Crippen LogP contribution in [0.1, 0.15) is 25.2 Å². The largest absolute Gasteiger partial charge is 0.430 e. The normalized spacial score (nSPS) is 11.3. The average Bonchev–Trinajstić information content (AvgIpc) is 2.86. The highest BCUT2D eigenvalue weighted by Gasteiger charge is 2.06. The fourth-order valence-electron chi connectivity index (χ4n) is 1.49. The zero-order chi connectivity index (χ0) is 12.3. The van der Waals surface area contributed by atoms with E-state index in [-0.39, 0.29) is 0 Å². The zero-order valence-corrected chi connectivity index (χ0v) is 10.5. The molecule has 0 radical (unpaired) electrons. The Bertz CT molecular complexity index is 472.